The highest BCUT2D eigenvalue weighted by molar-refractivity contribution is 7.18. The second-order valence-corrected chi connectivity index (χ2v) is 7.91. The molecule has 0 atom stereocenters. The molecule has 0 aliphatic carbocycles. The largest absolute Gasteiger partial charge is 0.497 e. The number of nitro groups is 1. The van der Waals surface area contributed by atoms with E-state index in [1.54, 1.807) is 31.4 Å². The quantitative estimate of drug-likeness (QED) is 0.294. The summed E-state index contributed by atoms with van der Waals surface area (Å²) in [5.74, 6) is -0.0631. The van der Waals surface area contributed by atoms with Crippen molar-refractivity contribution in [2.24, 2.45) is 0 Å². The second-order valence-electron chi connectivity index (χ2n) is 6.93. The van der Waals surface area contributed by atoms with Crippen LogP contribution >= 0.6 is 11.3 Å². The van der Waals surface area contributed by atoms with Crippen LogP contribution in [0.15, 0.2) is 72.8 Å². The minimum Gasteiger partial charge on any atom is -0.497 e. The lowest BCUT2D eigenvalue weighted by molar-refractivity contribution is -0.384. The number of amides is 2. The van der Waals surface area contributed by atoms with Gasteiger partial charge in [0.25, 0.3) is 17.5 Å². The van der Waals surface area contributed by atoms with Gasteiger partial charge in [0.05, 0.1) is 12.0 Å². The van der Waals surface area contributed by atoms with Crippen molar-refractivity contribution in [3.05, 3.63) is 94.0 Å². The summed E-state index contributed by atoms with van der Waals surface area (Å²) in [5.41, 5.74) is 1.87. The minimum absolute atomic E-state index is 0.0986. The van der Waals surface area contributed by atoms with Crippen molar-refractivity contribution >= 4 is 39.7 Å². The van der Waals surface area contributed by atoms with Crippen molar-refractivity contribution in [1.82, 2.24) is 10.2 Å². The number of aromatic nitrogens is 2. The third-order valence-corrected chi connectivity index (χ3v) is 5.62. The Morgan fingerprint density at radius 3 is 2.03 bits per heavy atom. The fourth-order valence-electron chi connectivity index (χ4n) is 2.94. The van der Waals surface area contributed by atoms with Gasteiger partial charge >= 0.3 is 0 Å². The molecule has 3 aromatic carbocycles. The predicted octanol–water partition coefficient (Wildman–Crippen LogP) is 4.63. The van der Waals surface area contributed by atoms with E-state index in [4.69, 9.17) is 4.74 Å². The van der Waals surface area contributed by atoms with E-state index in [1.807, 2.05) is 24.3 Å². The molecule has 0 unspecified atom stereocenters. The normalized spacial score (nSPS) is 10.4. The highest BCUT2D eigenvalue weighted by Crippen LogP contribution is 2.28. The number of methoxy groups -OCH3 is 1. The second kappa shape index (κ2) is 9.88. The predicted molar refractivity (Wildman–Crippen MR) is 127 cm³/mol. The monoisotopic (exact) mass is 475 g/mol. The van der Waals surface area contributed by atoms with Crippen molar-refractivity contribution < 1.29 is 19.2 Å². The summed E-state index contributed by atoms with van der Waals surface area (Å²) in [7, 11) is 1.59. The third kappa shape index (κ3) is 5.22. The first-order valence-corrected chi connectivity index (χ1v) is 10.7. The Balaban J connectivity index is 1.37. The number of carbonyl (C=O) groups excluding carboxylic acids is 2. The van der Waals surface area contributed by atoms with Crippen LogP contribution in [0.1, 0.15) is 20.7 Å². The number of nitro benzene ring substituents is 1. The van der Waals surface area contributed by atoms with Gasteiger partial charge in [-0.05, 0) is 60.7 Å². The van der Waals surface area contributed by atoms with Gasteiger partial charge in [-0.3, -0.25) is 25.0 Å². The van der Waals surface area contributed by atoms with E-state index in [1.165, 1.54) is 35.6 Å². The number of ether oxygens (including phenoxy) is 1. The van der Waals surface area contributed by atoms with Crippen LogP contribution in [-0.4, -0.2) is 34.0 Å². The van der Waals surface area contributed by atoms with Crippen LogP contribution in [0.2, 0.25) is 0 Å². The summed E-state index contributed by atoms with van der Waals surface area (Å²) >= 11 is 1.24. The fourth-order valence-corrected chi connectivity index (χ4v) is 3.68. The number of nitrogens with one attached hydrogen (secondary N) is 2. The number of anilines is 2. The van der Waals surface area contributed by atoms with Crippen LogP contribution in [0, 0.1) is 10.1 Å². The molecule has 1 heterocycles. The topological polar surface area (TPSA) is 136 Å². The van der Waals surface area contributed by atoms with Gasteiger partial charge in [0, 0.05) is 34.5 Å². The van der Waals surface area contributed by atoms with Gasteiger partial charge in [-0.1, -0.05) is 11.3 Å². The molecule has 0 saturated carbocycles. The van der Waals surface area contributed by atoms with Crippen LogP contribution in [0.25, 0.3) is 10.6 Å². The highest BCUT2D eigenvalue weighted by atomic mass is 32.1. The average Bonchev–Trinajstić information content (AvgIpc) is 3.33. The van der Waals surface area contributed by atoms with Gasteiger partial charge in [-0.2, -0.15) is 0 Å². The first-order valence-electron chi connectivity index (χ1n) is 9.88. The van der Waals surface area contributed by atoms with E-state index in [2.05, 4.69) is 20.8 Å². The van der Waals surface area contributed by atoms with Gasteiger partial charge in [-0.15, -0.1) is 10.2 Å². The van der Waals surface area contributed by atoms with Gasteiger partial charge in [-0.25, -0.2) is 0 Å². The van der Waals surface area contributed by atoms with Gasteiger partial charge in [0.15, 0.2) is 0 Å². The molecule has 2 N–H and O–H groups in total. The molecule has 2 amide bonds. The number of rotatable bonds is 7. The molecule has 11 heteroatoms. The summed E-state index contributed by atoms with van der Waals surface area (Å²) in [4.78, 5) is 35.1. The van der Waals surface area contributed by atoms with Crippen LogP contribution in [0.4, 0.5) is 16.5 Å². The molecule has 4 aromatic rings. The number of hydrogen-bond acceptors (Lipinski definition) is 8. The molecule has 0 radical (unpaired) electrons. The maximum Gasteiger partial charge on any atom is 0.269 e. The molecule has 0 fully saturated rings. The summed E-state index contributed by atoms with van der Waals surface area (Å²) in [6.45, 7) is 0. The Bertz CT molecular complexity index is 1340. The number of carbonyl (C=O) groups is 2. The van der Waals surface area contributed by atoms with Crippen molar-refractivity contribution in [1.29, 1.82) is 0 Å². The number of non-ortho nitro benzene ring substituents is 1. The number of benzene rings is 3. The van der Waals surface area contributed by atoms with E-state index in [9.17, 15) is 19.7 Å². The van der Waals surface area contributed by atoms with E-state index < -0.39 is 10.8 Å². The Morgan fingerprint density at radius 2 is 1.44 bits per heavy atom. The first-order chi connectivity index (χ1) is 16.4. The van der Waals surface area contributed by atoms with Crippen molar-refractivity contribution in [3.63, 3.8) is 0 Å². The zero-order valence-corrected chi connectivity index (χ0v) is 18.5. The summed E-state index contributed by atoms with van der Waals surface area (Å²) < 4.78 is 5.14. The van der Waals surface area contributed by atoms with Gasteiger partial charge < -0.3 is 10.1 Å². The lowest BCUT2D eigenvalue weighted by atomic mass is 10.1. The molecule has 0 saturated heterocycles. The van der Waals surface area contributed by atoms with Gasteiger partial charge in [0.1, 0.15) is 10.8 Å². The maximum absolute atomic E-state index is 12.6. The average molecular weight is 475 g/mol. The zero-order chi connectivity index (χ0) is 24.1. The van der Waals surface area contributed by atoms with E-state index in [0.717, 1.165) is 11.3 Å². The van der Waals surface area contributed by atoms with Crippen LogP contribution in [0.3, 0.4) is 0 Å². The zero-order valence-electron chi connectivity index (χ0n) is 17.7. The van der Waals surface area contributed by atoms with Gasteiger partial charge in [0.2, 0.25) is 5.13 Å². The lowest BCUT2D eigenvalue weighted by Gasteiger charge is -2.06. The fraction of sp³-hybridized carbons (Fsp3) is 0.0435. The smallest absolute Gasteiger partial charge is 0.269 e. The SMILES string of the molecule is COc1ccc(-c2nnc(NC(=O)c3ccc(NC(=O)c4ccc([N+](=O)[O-])cc4)cc3)s2)cc1. The third-order valence-electron chi connectivity index (χ3n) is 4.73. The number of hydrogen-bond donors (Lipinski definition) is 2. The Kier molecular flexibility index (Phi) is 6.55. The van der Waals surface area contributed by atoms with Crippen molar-refractivity contribution in [2.75, 3.05) is 17.7 Å². The molecule has 0 aliphatic rings. The molecule has 0 bridgehead atoms. The van der Waals surface area contributed by atoms with Crippen LogP contribution in [0.5, 0.6) is 5.75 Å². The molecular formula is C23H17N5O5S. The molecule has 4 rings (SSSR count). The lowest BCUT2D eigenvalue weighted by Crippen LogP contribution is -2.13. The molecular weight excluding hydrogens is 458 g/mol. The Morgan fingerprint density at radius 1 is 0.853 bits per heavy atom. The molecule has 0 spiro atoms. The van der Waals surface area contributed by atoms with E-state index >= 15 is 0 Å². The minimum atomic E-state index is -0.535. The molecule has 34 heavy (non-hydrogen) atoms. The van der Waals surface area contributed by atoms with Crippen molar-refractivity contribution in [2.45, 2.75) is 0 Å². The molecule has 170 valence electrons. The molecule has 10 nitrogen and oxygen atoms in total. The standard InChI is InChI=1S/C23H17N5O5S/c1-33-19-12-6-16(7-13-19)22-26-27-23(34-22)25-21(30)14-2-8-17(9-3-14)24-20(29)15-4-10-18(11-5-15)28(31)32/h2-13H,1H3,(H,24,29)(H,25,27,30). The van der Waals surface area contributed by atoms with Crippen LogP contribution < -0.4 is 15.4 Å². The highest BCUT2D eigenvalue weighted by Gasteiger charge is 2.13. The molecule has 1 aromatic heterocycles. The Hall–Kier alpha value is -4.64. The summed E-state index contributed by atoms with van der Waals surface area (Å²) in [6, 6.07) is 18.9. The first kappa shape index (κ1) is 22.6. The maximum atomic E-state index is 12.6. The van der Waals surface area contributed by atoms with Crippen LogP contribution in [-0.2, 0) is 0 Å². The van der Waals surface area contributed by atoms with Crippen molar-refractivity contribution in [3.8, 4) is 16.3 Å². The Labute approximate surface area is 197 Å². The van der Waals surface area contributed by atoms with E-state index in [-0.39, 0.29) is 17.2 Å². The summed E-state index contributed by atoms with van der Waals surface area (Å²) in [5, 5.41) is 25.2. The molecule has 0 aliphatic heterocycles. The van der Waals surface area contributed by atoms with E-state index in [0.29, 0.717) is 21.4 Å². The summed E-state index contributed by atoms with van der Waals surface area (Å²) in [6.07, 6.45) is 0. The number of nitrogens with zero attached hydrogens (tertiary/aromatic N) is 3.